The molecule has 1 aromatic carbocycles. The molecule has 0 aliphatic heterocycles. The highest BCUT2D eigenvalue weighted by atomic mass is 79.9. The van der Waals surface area contributed by atoms with Crippen LogP contribution in [0.4, 0.5) is 5.69 Å². The van der Waals surface area contributed by atoms with Gasteiger partial charge in [0.2, 0.25) is 11.7 Å². The van der Waals surface area contributed by atoms with E-state index in [9.17, 15) is 20.0 Å². The van der Waals surface area contributed by atoms with E-state index >= 15 is 0 Å². The van der Waals surface area contributed by atoms with Gasteiger partial charge >= 0.3 is 5.69 Å². The van der Waals surface area contributed by atoms with Crippen molar-refractivity contribution < 1.29 is 14.8 Å². The summed E-state index contributed by atoms with van der Waals surface area (Å²) in [5.74, 6) is -0.178. The molecule has 1 amide bonds. The lowest BCUT2D eigenvalue weighted by Crippen LogP contribution is -2.22. The van der Waals surface area contributed by atoms with Crippen molar-refractivity contribution in [1.29, 1.82) is 0 Å². The van der Waals surface area contributed by atoms with E-state index in [1.54, 1.807) is 0 Å². The Kier molecular flexibility index (Phi) is 4.33. The molecule has 0 saturated heterocycles. The van der Waals surface area contributed by atoms with E-state index in [4.69, 9.17) is 0 Å². The Labute approximate surface area is 147 Å². The first-order chi connectivity index (χ1) is 11.3. The number of carbonyl (C=O) groups is 1. The minimum Gasteiger partial charge on any atom is -0.502 e. The van der Waals surface area contributed by atoms with Crippen molar-refractivity contribution in [3.8, 4) is 5.75 Å². The zero-order valence-electron chi connectivity index (χ0n) is 13.2. The predicted molar refractivity (Wildman–Crippen MR) is 91.8 cm³/mol. The third-order valence-corrected chi connectivity index (χ3v) is 5.73. The fourth-order valence-electron chi connectivity index (χ4n) is 3.93. The van der Waals surface area contributed by atoms with Gasteiger partial charge in [-0.25, -0.2) is 5.43 Å². The molecule has 8 heteroatoms. The first kappa shape index (κ1) is 16.9. The van der Waals surface area contributed by atoms with Gasteiger partial charge in [0, 0.05) is 22.0 Å². The summed E-state index contributed by atoms with van der Waals surface area (Å²) in [5, 5.41) is 24.7. The lowest BCUT2D eigenvalue weighted by atomic mass is 9.90. The summed E-state index contributed by atoms with van der Waals surface area (Å²) in [4.78, 5) is 22.5. The number of nitrogens with zero attached hydrogens (tertiary/aromatic N) is 2. The normalized spacial score (nSPS) is 28.4. The number of fused-ring (bicyclic) bond motifs is 1. The van der Waals surface area contributed by atoms with Crippen LogP contribution in [0.5, 0.6) is 5.75 Å². The van der Waals surface area contributed by atoms with Gasteiger partial charge in [-0.05, 0) is 30.2 Å². The molecule has 24 heavy (non-hydrogen) atoms. The molecule has 0 radical (unpaired) electrons. The van der Waals surface area contributed by atoms with Crippen molar-refractivity contribution >= 4 is 33.7 Å². The van der Waals surface area contributed by atoms with Crippen molar-refractivity contribution in [3.05, 3.63) is 32.3 Å². The Morgan fingerprint density at radius 3 is 2.92 bits per heavy atom. The van der Waals surface area contributed by atoms with Gasteiger partial charge in [0.15, 0.2) is 0 Å². The summed E-state index contributed by atoms with van der Waals surface area (Å²) in [6, 6.07) is 2.71. The van der Waals surface area contributed by atoms with E-state index in [1.165, 1.54) is 24.8 Å². The molecule has 3 rings (SSSR count). The van der Waals surface area contributed by atoms with Gasteiger partial charge in [-0.15, -0.1) is 0 Å². The fourth-order valence-corrected chi connectivity index (χ4v) is 4.39. The number of hydrogen-bond donors (Lipinski definition) is 2. The Bertz CT molecular complexity index is 736. The Morgan fingerprint density at radius 2 is 2.29 bits per heavy atom. The van der Waals surface area contributed by atoms with Gasteiger partial charge in [-0.2, -0.15) is 5.10 Å². The third kappa shape index (κ3) is 2.90. The largest absolute Gasteiger partial charge is 0.502 e. The highest BCUT2D eigenvalue weighted by Crippen LogP contribution is 2.66. The molecule has 3 atom stereocenters. The molecule has 0 bridgehead atoms. The third-order valence-electron chi connectivity index (χ3n) is 5.27. The van der Waals surface area contributed by atoms with Gasteiger partial charge in [-0.3, -0.25) is 14.9 Å². The number of carbonyl (C=O) groups excluding carboxylic acids is 1. The van der Waals surface area contributed by atoms with Gasteiger partial charge in [0.25, 0.3) is 0 Å². The molecule has 0 heterocycles. The molecule has 2 aliphatic carbocycles. The smallest absolute Gasteiger partial charge is 0.312 e. The van der Waals surface area contributed by atoms with Crippen molar-refractivity contribution in [3.63, 3.8) is 0 Å². The number of benzene rings is 1. The number of nitro benzene ring substituents is 1. The van der Waals surface area contributed by atoms with Crippen molar-refractivity contribution in [2.24, 2.45) is 22.4 Å². The minimum atomic E-state index is -0.675. The summed E-state index contributed by atoms with van der Waals surface area (Å²) in [7, 11) is 0. The molecule has 3 unspecified atom stereocenters. The molecule has 0 aromatic heterocycles. The molecule has 0 spiro atoms. The number of hydrazone groups is 1. The highest BCUT2D eigenvalue weighted by molar-refractivity contribution is 9.10. The van der Waals surface area contributed by atoms with E-state index in [1.807, 2.05) is 0 Å². The summed E-state index contributed by atoms with van der Waals surface area (Å²) in [6.07, 6.45) is 5.70. The van der Waals surface area contributed by atoms with Crippen LogP contribution in [0.2, 0.25) is 0 Å². The molecule has 2 saturated carbocycles. The molecule has 2 aliphatic rings. The molecular formula is C16H18BrN3O4. The molecule has 1 aromatic rings. The molecule has 7 nitrogen and oxygen atoms in total. The maximum Gasteiger partial charge on any atom is 0.312 e. The van der Waals surface area contributed by atoms with Gasteiger partial charge in [-0.1, -0.05) is 35.7 Å². The minimum absolute atomic E-state index is 0.0115. The summed E-state index contributed by atoms with van der Waals surface area (Å²) in [5.41, 5.74) is 2.34. The van der Waals surface area contributed by atoms with E-state index in [-0.39, 0.29) is 22.8 Å². The van der Waals surface area contributed by atoms with Crippen LogP contribution >= 0.6 is 15.9 Å². The van der Waals surface area contributed by atoms with Crippen LogP contribution in [0, 0.1) is 27.4 Å². The average molecular weight is 396 g/mol. The van der Waals surface area contributed by atoms with Crippen LogP contribution in [0.3, 0.4) is 0 Å². The Morgan fingerprint density at radius 1 is 1.54 bits per heavy atom. The number of aromatic hydroxyl groups is 1. The predicted octanol–water partition coefficient (Wildman–Crippen LogP) is 3.34. The van der Waals surface area contributed by atoms with Crippen LogP contribution in [-0.2, 0) is 4.79 Å². The van der Waals surface area contributed by atoms with E-state index in [2.05, 4.69) is 33.4 Å². The number of hydrogen-bond acceptors (Lipinski definition) is 5. The zero-order valence-corrected chi connectivity index (χ0v) is 14.7. The van der Waals surface area contributed by atoms with Crippen LogP contribution in [0.1, 0.15) is 38.2 Å². The topological polar surface area (TPSA) is 105 Å². The highest BCUT2D eigenvalue weighted by Gasteiger charge is 2.64. The molecule has 128 valence electrons. The Balaban J connectivity index is 1.69. The molecule has 2 fully saturated rings. The van der Waals surface area contributed by atoms with E-state index in [0.717, 1.165) is 19.3 Å². The Hall–Kier alpha value is -1.96. The number of phenols is 1. The summed E-state index contributed by atoms with van der Waals surface area (Å²) in [6.45, 7) is 2.15. The fraction of sp³-hybridized carbons (Fsp3) is 0.500. The monoisotopic (exact) mass is 395 g/mol. The number of halogens is 1. The van der Waals surface area contributed by atoms with E-state index < -0.39 is 16.4 Å². The summed E-state index contributed by atoms with van der Waals surface area (Å²) < 4.78 is 0.445. The molecule has 2 N–H and O–H groups in total. The summed E-state index contributed by atoms with van der Waals surface area (Å²) >= 11 is 3.15. The maximum absolute atomic E-state index is 12.3. The van der Waals surface area contributed by atoms with Crippen molar-refractivity contribution in [2.75, 3.05) is 0 Å². The van der Waals surface area contributed by atoms with Gasteiger partial charge in [0.1, 0.15) is 0 Å². The SMILES string of the molecule is CC12CCCCC1C2C(=O)N/N=C/c1cc(Br)cc([N+](=O)[O-])c1O. The lowest BCUT2D eigenvalue weighted by Gasteiger charge is -2.15. The van der Waals surface area contributed by atoms with Crippen LogP contribution < -0.4 is 5.43 Å². The quantitative estimate of drug-likeness (QED) is 0.463. The first-order valence-electron chi connectivity index (χ1n) is 7.84. The van der Waals surface area contributed by atoms with Gasteiger partial charge in [0.05, 0.1) is 11.1 Å². The number of nitrogens with one attached hydrogen (secondary N) is 1. The second kappa shape index (κ2) is 6.16. The average Bonchev–Trinajstić information content (AvgIpc) is 3.15. The standard InChI is InChI=1S/C16H18BrN3O4/c1-16-5-3-2-4-11(16)13(16)15(22)19-18-8-9-6-10(17)7-12(14(9)21)20(23)24/h6-8,11,13,21H,2-5H2,1H3,(H,19,22)/b18-8+. The van der Waals surface area contributed by atoms with E-state index in [0.29, 0.717) is 10.4 Å². The maximum atomic E-state index is 12.3. The van der Waals surface area contributed by atoms with Crippen LogP contribution in [0.15, 0.2) is 21.7 Å². The number of nitro groups is 1. The second-order valence-corrected chi connectivity index (χ2v) is 7.61. The lowest BCUT2D eigenvalue weighted by molar-refractivity contribution is -0.385. The number of rotatable bonds is 4. The second-order valence-electron chi connectivity index (χ2n) is 6.69. The molecular weight excluding hydrogens is 378 g/mol. The van der Waals surface area contributed by atoms with Crippen molar-refractivity contribution in [1.82, 2.24) is 5.43 Å². The van der Waals surface area contributed by atoms with Crippen molar-refractivity contribution in [2.45, 2.75) is 32.6 Å². The number of amides is 1. The first-order valence-corrected chi connectivity index (χ1v) is 8.63. The zero-order chi connectivity index (χ0) is 17.5. The van der Waals surface area contributed by atoms with Crippen LogP contribution in [0.25, 0.3) is 0 Å². The number of phenolic OH excluding ortho intramolecular Hbond substituents is 1. The van der Waals surface area contributed by atoms with Gasteiger partial charge < -0.3 is 5.11 Å². The van der Waals surface area contributed by atoms with Crippen LogP contribution in [-0.4, -0.2) is 22.2 Å².